The van der Waals surface area contributed by atoms with Gasteiger partial charge in [0.05, 0.1) is 119 Å². The minimum absolute atomic E-state index is 0. The molecule has 13 rings (SSSR count). The van der Waals surface area contributed by atoms with Crippen molar-refractivity contribution in [2.24, 2.45) is 0 Å². The third kappa shape index (κ3) is 26.1. The van der Waals surface area contributed by atoms with Gasteiger partial charge in [0.25, 0.3) is 0 Å². The van der Waals surface area contributed by atoms with Crippen LogP contribution in [0.2, 0.25) is 0 Å². The number of carboxylic acids is 1. The first kappa shape index (κ1) is 104. The van der Waals surface area contributed by atoms with Crippen LogP contribution in [0.5, 0.6) is 0 Å². The van der Waals surface area contributed by atoms with Gasteiger partial charge in [0.1, 0.15) is 23.3 Å². The van der Waals surface area contributed by atoms with Gasteiger partial charge < -0.3 is 39.8 Å². The number of aromatic nitrogens is 6. The first-order valence-corrected chi connectivity index (χ1v) is 52.4. The van der Waals surface area contributed by atoms with E-state index in [9.17, 15) is 85.6 Å². The smallest absolute Gasteiger partial charge is 0.550 e. The maximum atomic E-state index is 14.2. The van der Waals surface area contributed by atoms with Crippen LogP contribution in [-0.4, -0.2) is 172 Å². The molecule has 1 saturated heterocycles. The van der Waals surface area contributed by atoms with Crippen molar-refractivity contribution in [3.8, 4) is 67.2 Å². The molecule has 7 heterocycles. The molecule has 6 atom stereocenters. The quantitative estimate of drug-likeness (QED) is 0.0284. The summed E-state index contributed by atoms with van der Waals surface area (Å²) in [4.78, 5) is 39.9. The number of aliphatic hydroxyl groups excluding tert-OH is 4. The van der Waals surface area contributed by atoms with E-state index < -0.39 is 92.7 Å². The fourth-order valence-corrected chi connectivity index (χ4v) is 23.1. The molecule has 0 unspecified atom stereocenters. The molecule has 0 spiro atoms. The number of aliphatic hydroxyl groups is 4. The standard InChI is InChI=1S/C34H42FN3O6S2.C31H38FN3O6S2.C30H34FN3O6S.Na/c1-8-24-20-25(44-34(4,5)43-24)16-17-28-31(22-12-14-23(35)15-13-22)27-10-9-11-29-26(33(27)37-32(28)21(2)3)18-19-30(36-29)38(45(6,39)40)46(7,41)42;1-6-22(36)18-23(37)14-15-26-29(20-10-12-21(32)13-11-20)25-8-7-9-27-24(31(25)34-30(26)19(2)3)16-17-28(33-27)35(42(4,38)39)43(5,40)41;1-17(2)29-24(12-11-20(35)15-21(36)16-27(37)38)28(18-7-9-19(31)10-8-18)23-5-4-6-25-22(30(23)33-29)13-14-26(32-25)34-41(3,39)40;/h12-19,21,24-25H,8-11,20H2,1-7H3;10-17,19,22-23,36-37H,6-9,18H2,1-5H3;7-14,17,20-21,35-36H,4-6,15-16H2,1-3H3,(H,32,34)(H,37,38);/q;;;+1/p-1/b17-16+;15-14+;12-11+;/t24-,25+;22-,23+;20-,21-;/m001./s1. The molecule has 5 N–H and O–H groups in total. The van der Waals surface area contributed by atoms with Gasteiger partial charge in [-0.1, -0.05) is 128 Å². The van der Waals surface area contributed by atoms with Gasteiger partial charge in [0.2, 0.25) is 50.1 Å². The molecule has 1 aliphatic heterocycles. The number of fused-ring (bicyclic) bond motifs is 9. The average Bonchev–Trinajstić information content (AvgIpc) is 1.75. The number of carbonyl (C=O) groups is 1. The van der Waals surface area contributed by atoms with Crippen LogP contribution in [0.1, 0.15) is 212 Å². The molecule has 0 bridgehead atoms. The van der Waals surface area contributed by atoms with E-state index in [1.807, 2.05) is 60.6 Å². The molecule has 9 aromatic rings. The van der Waals surface area contributed by atoms with Gasteiger partial charge in [-0.3, -0.25) is 19.7 Å². The summed E-state index contributed by atoms with van der Waals surface area (Å²) in [6.45, 7) is 19.9. The van der Waals surface area contributed by atoms with Gasteiger partial charge in [-0.2, -0.15) is 0 Å². The van der Waals surface area contributed by atoms with Crippen molar-refractivity contribution in [1.82, 2.24) is 29.9 Å². The van der Waals surface area contributed by atoms with E-state index in [4.69, 9.17) is 24.4 Å². The molecule has 4 aliphatic rings. The number of aryl methyl sites for hydroxylation is 3. The Bertz CT molecular complexity index is 6350. The van der Waals surface area contributed by atoms with Crippen LogP contribution in [0.15, 0.2) is 127 Å². The number of hydrogen-bond acceptors (Lipinski definition) is 24. The van der Waals surface area contributed by atoms with Gasteiger partial charge in [-0.15, -0.1) is 7.42 Å². The fourth-order valence-electron chi connectivity index (χ4n) is 16.9. The van der Waals surface area contributed by atoms with Crippen molar-refractivity contribution in [2.75, 3.05) is 43.4 Å². The Labute approximate surface area is 788 Å². The Morgan fingerprint density at radius 3 is 1.16 bits per heavy atom. The summed E-state index contributed by atoms with van der Waals surface area (Å²) < 4.78 is 181. The van der Waals surface area contributed by atoms with Crippen LogP contribution in [0.3, 0.4) is 0 Å². The Kier molecular flexibility index (Phi) is 34.2. The van der Waals surface area contributed by atoms with Crippen molar-refractivity contribution >= 4 is 91.8 Å². The van der Waals surface area contributed by atoms with Gasteiger partial charge in [0, 0.05) is 65.0 Å². The van der Waals surface area contributed by atoms with Gasteiger partial charge in [-0.05, 0) is 225 Å². The third-order valence-corrected chi connectivity index (χ3v) is 29.4. The molecular formula is C95H113F3N9NaO18S5. The minimum atomic E-state index is -4.17. The summed E-state index contributed by atoms with van der Waals surface area (Å²) in [5, 5.41) is 52.0. The number of nitrogens with one attached hydrogen (secondary N) is 1. The molecule has 6 aromatic heterocycles. The Morgan fingerprint density at radius 1 is 0.489 bits per heavy atom. The maximum Gasteiger partial charge on any atom is 1.00 e. The molecule has 27 nitrogen and oxygen atoms in total. The summed E-state index contributed by atoms with van der Waals surface area (Å²) in [5.74, 6) is -3.51. The summed E-state index contributed by atoms with van der Waals surface area (Å²) in [6, 6.07) is 28.3. The van der Waals surface area contributed by atoms with E-state index in [1.165, 1.54) is 54.6 Å². The van der Waals surface area contributed by atoms with Crippen LogP contribution >= 0.6 is 0 Å². The van der Waals surface area contributed by atoms with E-state index in [0.717, 1.165) is 128 Å². The Balaban J connectivity index is 0.000000204. The molecule has 3 aliphatic carbocycles. The molecule has 3 aromatic carbocycles. The van der Waals surface area contributed by atoms with Crippen molar-refractivity contribution in [3.05, 3.63) is 212 Å². The monoisotopic (exact) mass is 1910 g/mol. The molecule has 1 fully saturated rings. The molecule has 0 saturated carbocycles. The largest absolute Gasteiger partial charge is 1.00 e. The molecule has 36 heteroatoms. The fraction of sp³-hybridized carbons (Fsp3) is 0.421. The summed E-state index contributed by atoms with van der Waals surface area (Å²) in [5.41, 5.74) is 18.4. The number of ether oxygens (including phenoxy) is 2. The molecule has 0 amide bonds. The van der Waals surface area contributed by atoms with Gasteiger partial charge in [0.15, 0.2) is 17.4 Å². The van der Waals surface area contributed by atoms with Crippen LogP contribution in [0.25, 0.3) is 85.4 Å². The summed E-state index contributed by atoms with van der Waals surface area (Å²) >= 11 is 0. The molecule has 698 valence electrons. The van der Waals surface area contributed by atoms with Crippen LogP contribution in [0, 0.1) is 17.5 Å². The molecular weight excluding hydrogens is 1800 g/mol. The van der Waals surface area contributed by atoms with Crippen molar-refractivity contribution in [1.29, 1.82) is 0 Å². The predicted octanol–water partition coefficient (Wildman–Crippen LogP) is 11.6. The molecule has 131 heavy (non-hydrogen) atoms. The second-order valence-electron chi connectivity index (χ2n) is 34.6. The average molecular weight is 1910 g/mol. The van der Waals surface area contributed by atoms with Crippen LogP contribution in [-0.2, 0) is 103 Å². The predicted molar refractivity (Wildman–Crippen MR) is 499 cm³/mol. The second kappa shape index (κ2) is 43.1. The number of anilines is 3. The first-order valence-electron chi connectivity index (χ1n) is 43.1. The number of hydrogen-bond donors (Lipinski definition) is 5. The topological polar surface area (TPSA) is 406 Å². The SMILES string of the molecule is CC(C)c1nc2c(c(-c3ccc(F)cc3)c1/C=C/[C@@H](O)C[C@@H](O)CC(=O)[O-])CCCc1nc(NS(C)(=O)=O)ccc1-2.CC[C@H](O)C[C@H](O)/C=C/c1c(C(C)C)nc2c(c1-c1ccc(F)cc1)CCCc1nc(N(S(C)(=O)=O)S(C)(=O)=O)ccc1-2.CC[C@H]1C[C@@H](/C=C/c2c(C(C)C)nc3c(c2-c2ccc(F)cc2)CCCc2nc(N(S(C)(=O)=O)S(C)(=O)=O)ccc2-3)OC(C)(C)O1.[Na+]. The Morgan fingerprint density at radius 2 is 0.832 bits per heavy atom. The number of aliphatic carboxylic acids is 1. The zero-order chi connectivity index (χ0) is 95.2. The summed E-state index contributed by atoms with van der Waals surface area (Å²) in [7, 11) is -20.2. The normalized spacial score (nSPS) is 16.6. The number of rotatable bonds is 28. The number of sulfonamides is 5. The number of halogens is 3. The number of carbonyl (C=O) groups excluding carboxylic acids is 1. The number of nitrogens with zero attached hydrogens (tertiary/aromatic N) is 8. The number of carboxylic acid groups (broad SMARTS) is 1. The van der Waals surface area contributed by atoms with E-state index in [2.05, 4.69) is 52.6 Å². The van der Waals surface area contributed by atoms with Crippen LogP contribution in [0.4, 0.5) is 30.6 Å². The zero-order valence-electron chi connectivity index (χ0n) is 76.4. The zero-order valence-corrected chi connectivity index (χ0v) is 82.5. The van der Waals surface area contributed by atoms with E-state index in [0.29, 0.717) is 123 Å². The van der Waals surface area contributed by atoms with Crippen molar-refractivity contribution < 1.29 is 125 Å². The van der Waals surface area contributed by atoms with Gasteiger partial charge in [-0.25, -0.2) is 70.2 Å². The van der Waals surface area contributed by atoms with E-state index in [-0.39, 0.29) is 107 Å². The molecule has 0 radical (unpaired) electrons. The third-order valence-electron chi connectivity index (χ3n) is 22.4. The van der Waals surface area contributed by atoms with Crippen LogP contribution < -0.4 is 46.8 Å². The van der Waals surface area contributed by atoms with Gasteiger partial charge >= 0.3 is 29.6 Å². The maximum absolute atomic E-state index is 14.2. The summed E-state index contributed by atoms with van der Waals surface area (Å²) in [6.07, 6.45) is 18.0. The Hall–Kier alpha value is -9.05. The minimum Gasteiger partial charge on any atom is -0.550 e. The van der Waals surface area contributed by atoms with Crippen molar-refractivity contribution in [3.63, 3.8) is 0 Å². The second-order valence-corrected chi connectivity index (χ2v) is 44.2. The van der Waals surface area contributed by atoms with Crippen molar-refractivity contribution in [2.45, 2.75) is 226 Å². The number of pyridine rings is 6. The van der Waals surface area contributed by atoms with E-state index in [1.54, 1.807) is 66.7 Å². The number of benzene rings is 3. The first-order chi connectivity index (χ1) is 60.9. The van der Waals surface area contributed by atoms with E-state index >= 15 is 0 Å².